The van der Waals surface area contributed by atoms with E-state index in [1.807, 2.05) is 20.8 Å². The van der Waals surface area contributed by atoms with Crippen LogP contribution in [0, 0.1) is 5.82 Å². The number of nitrogens with zero attached hydrogens (tertiary/aromatic N) is 1. The average Bonchev–Trinajstić information content (AvgIpc) is 2.69. The van der Waals surface area contributed by atoms with E-state index in [1.54, 1.807) is 31.2 Å². The Hall–Kier alpha value is -3.09. The minimum absolute atomic E-state index is 0.325. The number of rotatable bonds is 9. The van der Waals surface area contributed by atoms with E-state index in [1.165, 1.54) is 12.1 Å². The van der Waals surface area contributed by atoms with Crippen molar-refractivity contribution < 1.29 is 23.4 Å². The van der Waals surface area contributed by atoms with Gasteiger partial charge in [0.15, 0.2) is 11.5 Å². The number of benzene rings is 2. The highest BCUT2D eigenvalue weighted by molar-refractivity contribution is 6.01. The van der Waals surface area contributed by atoms with Gasteiger partial charge in [-0.3, -0.25) is 4.79 Å². The number of ether oxygens (including phenoxy) is 3. The maximum absolute atomic E-state index is 13.0. The molecule has 0 spiro atoms. The third-order valence-corrected chi connectivity index (χ3v) is 3.76. The standard InChI is InChI=1S/C21H25FN2O4/c1-5-26-18-12-16(13-19(27-6-2)20(18)28-7-3)21(25)24-23-14(4)15-8-10-17(22)11-9-15/h8-13H,5-7H2,1-4H3,(H,24,25)/b23-14-. The van der Waals surface area contributed by atoms with Crippen molar-refractivity contribution in [3.63, 3.8) is 0 Å². The molecule has 0 aromatic heterocycles. The van der Waals surface area contributed by atoms with Gasteiger partial charge in [-0.05, 0) is 57.5 Å². The molecule has 0 saturated carbocycles. The van der Waals surface area contributed by atoms with Crippen LogP contribution in [0.2, 0.25) is 0 Å². The van der Waals surface area contributed by atoms with Crippen molar-refractivity contribution in [1.29, 1.82) is 0 Å². The van der Waals surface area contributed by atoms with Crippen molar-refractivity contribution >= 4 is 11.6 Å². The average molecular weight is 388 g/mol. The van der Waals surface area contributed by atoms with Crippen LogP contribution in [0.15, 0.2) is 41.5 Å². The van der Waals surface area contributed by atoms with E-state index in [2.05, 4.69) is 10.5 Å². The predicted molar refractivity (Wildman–Crippen MR) is 106 cm³/mol. The first kappa shape index (κ1) is 21.2. The van der Waals surface area contributed by atoms with E-state index >= 15 is 0 Å². The molecule has 7 heteroatoms. The van der Waals surface area contributed by atoms with Crippen molar-refractivity contribution in [1.82, 2.24) is 5.43 Å². The van der Waals surface area contributed by atoms with Gasteiger partial charge in [0.1, 0.15) is 5.82 Å². The summed E-state index contributed by atoms with van der Waals surface area (Å²) in [5, 5.41) is 4.09. The molecule has 0 aliphatic rings. The molecule has 150 valence electrons. The SMILES string of the molecule is CCOc1cc(C(=O)N/N=C(/C)c2ccc(F)cc2)cc(OCC)c1OCC. The first-order valence-corrected chi connectivity index (χ1v) is 9.17. The second-order valence-electron chi connectivity index (χ2n) is 5.75. The Balaban J connectivity index is 2.28. The van der Waals surface area contributed by atoms with Crippen molar-refractivity contribution in [2.75, 3.05) is 19.8 Å². The van der Waals surface area contributed by atoms with Crippen LogP contribution in [0.3, 0.4) is 0 Å². The zero-order chi connectivity index (χ0) is 20.5. The Morgan fingerprint density at radius 2 is 1.46 bits per heavy atom. The summed E-state index contributed by atoms with van der Waals surface area (Å²) in [6.07, 6.45) is 0. The molecule has 28 heavy (non-hydrogen) atoms. The van der Waals surface area contributed by atoms with E-state index in [4.69, 9.17) is 14.2 Å². The number of hydrogen-bond acceptors (Lipinski definition) is 5. The largest absolute Gasteiger partial charge is 0.490 e. The molecule has 0 heterocycles. The lowest BCUT2D eigenvalue weighted by Gasteiger charge is -2.16. The third-order valence-electron chi connectivity index (χ3n) is 3.76. The Bertz CT molecular complexity index is 808. The van der Waals surface area contributed by atoms with Crippen LogP contribution in [-0.4, -0.2) is 31.4 Å². The Morgan fingerprint density at radius 1 is 0.929 bits per heavy atom. The number of carbonyl (C=O) groups is 1. The summed E-state index contributed by atoms with van der Waals surface area (Å²) in [6.45, 7) is 8.55. The van der Waals surface area contributed by atoms with Crippen LogP contribution in [0.25, 0.3) is 0 Å². The van der Waals surface area contributed by atoms with Crippen molar-refractivity contribution in [2.24, 2.45) is 5.10 Å². The first-order valence-electron chi connectivity index (χ1n) is 9.17. The third kappa shape index (κ3) is 5.45. The fraction of sp³-hybridized carbons (Fsp3) is 0.333. The fourth-order valence-electron chi connectivity index (χ4n) is 2.47. The van der Waals surface area contributed by atoms with Crippen LogP contribution in [0.4, 0.5) is 4.39 Å². The minimum atomic E-state index is -0.425. The molecule has 0 saturated heterocycles. The van der Waals surface area contributed by atoms with E-state index in [9.17, 15) is 9.18 Å². The number of nitrogens with one attached hydrogen (secondary N) is 1. The highest BCUT2D eigenvalue weighted by Crippen LogP contribution is 2.39. The summed E-state index contributed by atoms with van der Waals surface area (Å²) in [7, 11) is 0. The number of hydrazone groups is 1. The number of hydrogen-bond donors (Lipinski definition) is 1. The van der Waals surface area contributed by atoms with Crippen molar-refractivity contribution in [3.8, 4) is 17.2 Å². The summed E-state index contributed by atoms with van der Waals surface area (Å²) in [4.78, 5) is 12.6. The van der Waals surface area contributed by atoms with Gasteiger partial charge < -0.3 is 14.2 Å². The summed E-state index contributed by atoms with van der Waals surface area (Å²) in [5.41, 5.74) is 4.09. The molecule has 0 aliphatic heterocycles. The topological polar surface area (TPSA) is 69.2 Å². The lowest BCUT2D eigenvalue weighted by atomic mass is 10.1. The van der Waals surface area contributed by atoms with Crippen LogP contribution >= 0.6 is 0 Å². The van der Waals surface area contributed by atoms with Crippen molar-refractivity contribution in [3.05, 3.63) is 53.3 Å². The van der Waals surface area contributed by atoms with Gasteiger partial charge in [0.05, 0.1) is 25.5 Å². The molecule has 2 rings (SSSR count). The van der Waals surface area contributed by atoms with Gasteiger partial charge in [-0.25, -0.2) is 9.82 Å². The van der Waals surface area contributed by atoms with Gasteiger partial charge in [0, 0.05) is 5.56 Å². The number of carbonyl (C=O) groups excluding carboxylic acids is 1. The zero-order valence-electron chi connectivity index (χ0n) is 16.5. The zero-order valence-corrected chi connectivity index (χ0v) is 16.5. The number of halogens is 1. The molecule has 0 aliphatic carbocycles. The molecule has 0 bridgehead atoms. The maximum Gasteiger partial charge on any atom is 0.271 e. The Morgan fingerprint density at radius 3 is 1.96 bits per heavy atom. The molecular formula is C21H25FN2O4. The lowest BCUT2D eigenvalue weighted by Crippen LogP contribution is -2.20. The highest BCUT2D eigenvalue weighted by atomic mass is 19.1. The van der Waals surface area contributed by atoms with E-state index in [-0.39, 0.29) is 5.82 Å². The molecule has 1 N–H and O–H groups in total. The number of amides is 1. The Kier molecular flexibility index (Phi) is 7.80. The van der Waals surface area contributed by atoms with Crippen LogP contribution in [0.5, 0.6) is 17.2 Å². The molecule has 2 aromatic carbocycles. The highest BCUT2D eigenvalue weighted by Gasteiger charge is 2.18. The quantitative estimate of drug-likeness (QED) is 0.517. The van der Waals surface area contributed by atoms with Gasteiger partial charge in [0.2, 0.25) is 5.75 Å². The van der Waals surface area contributed by atoms with Crippen molar-refractivity contribution in [2.45, 2.75) is 27.7 Å². The molecule has 0 fully saturated rings. The molecule has 0 atom stereocenters. The smallest absolute Gasteiger partial charge is 0.271 e. The first-order chi connectivity index (χ1) is 13.5. The van der Waals surface area contributed by atoms with Gasteiger partial charge in [-0.15, -0.1) is 0 Å². The predicted octanol–water partition coefficient (Wildman–Crippen LogP) is 4.18. The normalized spacial score (nSPS) is 11.1. The molecule has 1 amide bonds. The summed E-state index contributed by atoms with van der Waals surface area (Å²) in [5.74, 6) is 0.571. The maximum atomic E-state index is 13.0. The summed E-state index contributed by atoms with van der Waals surface area (Å²) in [6, 6.07) is 9.05. The molecule has 2 aromatic rings. The van der Waals surface area contributed by atoms with E-state index in [0.29, 0.717) is 53.9 Å². The van der Waals surface area contributed by atoms with Crippen LogP contribution < -0.4 is 19.6 Å². The van der Waals surface area contributed by atoms with E-state index in [0.717, 1.165) is 0 Å². The van der Waals surface area contributed by atoms with Gasteiger partial charge in [0.25, 0.3) is 5.91 Å². The van der Waals surface area contributed by atoms with E-state index < -0.39 is 5.91 Å². The second kappa shape index (κ2) is 10.3. The fourth-order valence-corrected chi connectivity index (χ4v) is 2.47. The lowest BCUT2D eigenvalue weighted by molar-refractivity contribution is 0.0953. The molecular weight excluding hydrogens is 363 g/mol. The van der Waals surface area contributed by atoms with Gasteiger partial charge in [-0.2, -0.15) is 5.10 Å². The Labute approximate surface area is 164 Å². The minimum Gasteiger partial charge on any atom is -0.490 e. The molecule has 0 radical (unpaired) electrons. The van der Waals surface area contributed by atoms with Crippen LogP contribution in [-0.2, 0) is 0 Å². The van der Waals surface area contributed by atoms with Gasteiger partial charge in [-0.1, -0.05) is 12.1 Å². The monoisotopic (exact) mass is 388 g/mol. The van der Waals surface area contributed by atoms with Gasteiger partial charge >= 0.3 is 0 Å². The molecule has 6 nitrogen and oxygen atoms in total. The summed E-state index contributed by atoms with van der Waals surface area (Å²) < 4.78 is 29.9. The molecule has 0 unspecified atom stereocenters. The second-order valence-corrected chi connectivity index (χ2v) is 5.75. The summed E-state index contributed by atoms with van der Waals surface area (Å²) >= 11 is 0. The van der Waals surface area contributed by atoms with Crippen LogP contribution in [0.1, 0.15) is 43.6 Å².